The molecule has 0 bridgehead atoms. The average molecular weight is 242 g/mol. The van der Waals surface area contributed by atoms with Crippen LogP contribution < -0.4 is 5.73 Å². The van der Waals surface area contributed by atoms with Gasteiger partial charge in [-0.25, -0.2) is 8.78 Å². The molecule has 1 rings (SSSR count). The Morgan fingerprint density at radius 1 is 1.47 bits per heavy atom. The van der Waals surface area contributed by atoms with Gasteiger partial charge in [-0.2, -0.15) is 0 Å². The van der Waals surface area contributed by atoms with Crippen LogP contribution in [-0.4, -0.2) is 30.4 Å². The van der Waals surface area contributed by atoms with Crippen molar-refractivity contribution in [3.05, 3.63) is 35.4 Å². The van der Waals surface area contributed by atoms with Gasteiger partial charge in [0.15, 0.2) is 0 Å². The van der Waals surface area contributed by atoms with Crippen LogP contribution in [0, 0.1) is 11.6 Å². The van der Waals surface area contributed by atoms with Gasteiger partial charge >= 0.3 is 0 Å². The van der Waals surface area contributed by atoms with E-state index in [1.165, 1.54) is 4.90 Å². The lowest BCUT2D eigenvalue weighted by atomic mass is 10.1. The zero-order valence-corrected chi connectivity index (χ0v) is 9.91. The first-order chi connectivity index (χ1) is 7.91. The van der Waals surface area contributed by atoms with Crippen molar-refractivity contribution in [2.24, 2.45) is 5.73 Å². The Balaban J connectivity index is 2.75. The SMILES string of the molecule is CC(N)CCN(C)C(=O)c1ccc(F)cc1F. The summed E-state index contributed by atoms with van der Waals surface area (Å²) in [5.74, 6) is -2.01. The molecule has 0 radical (unpaired) electrons. The van der Waals surface area contributed by atoms with Crippen LogP contribution in [0.15, 0.2) is 18.2 Å². The summed E-state index contributed by atoms with van der Waals surface area (Å²) in [7, 11) is 1.56. The maximum absolute atomic E-state index is 13.3. The fraction of sp³-hybridized carbons (Fsp3) is 0.417. The summed E-state index contributed by atoms with van der Waals surface area (Å²) < 4.78 is 26.0. The maximum Gasteiger partial charge on any atom is 0.256 e. The van der Waals surface area contributed by atoms with Gasteiger partial charge in [-0.1, -0.05) is 0 Å². The summed E-state index contributed by atoms with van der Waals surface area (Å²) in [6, 6.07) is 2.89. The van der Waals surface area contributed by atoms with E-state index >= 15 is 0 Å². The Hall–Kier alpha value is -1.49. The molecule has 17 heavy (non-hydrogen) atoms. The first kappa shape index (κ1) is 13.6. The van der Waals surface area contributed by atoms with Gasteiger partial charge in [0.1, 0.15) is 11.6 Å². The smallest absolute Gasteiger partial charge is 0.256 e. The zero-order chi connectivity index (χ0) is 13.0. The van der Waals surface area contributed by atoms with E-state index in [0.717, 1.165) is 12.1 Å². The summed E-state index contributed by atoms with van der Waals surface area (Å²) in [6.45, 7) is 2.27. The minimum Gasteiger partial charge on any atom is -0.342 e. The molecule has 0 saturated heterocycles. The van der Waals surface area contributed by atoms with Crippen LogP contribution in [0.5, 0.6) is 0 Å². The number of benzene rings is 1. The van der Waals surface area contributed by atoms with Gasteiger partial charge in [0, 0.05) is 25.7 Å². The second kappa shape index (κ2) is 5.72. The molecular formula is C12H16F2N2O. The van der Waals surface area contributed by atoms with Crippen LogP contribution in [0.25, 0.3) is 0 Å². The highest BCUT2D eigenvalue weighted by Crippen LogP contribution is 2.11. The predicted molar refractivity (Wildman–Crippen MR) is 61.6 cm³/mol. The third-order valence-electron chi connectivity index (χ3n) is 2.43. The molecule has 2 N–H and O–H groups in total. The predicted octanol–water partition coefficient (Wildman–Crippen LogP) is 1.77. The van der Waals surface area contributed by atoms with E-state index in [1.54, 1.807) is 7.05 Å². The second-order valence-corrected chi connectivity index (χ2v) is 4.12. The zero-order valence-electron chi connectivity index (χ0n) is 9.91. The van der Waals surface area contributed by atoms with Crippen molar-refractivity contribution in [1.29, 1.82) is 0 Å². The summed E-state index contributed by atoms with van der Waals surface area (Å²) in [4.78, 5) is 13.2. The molecule has 1 atom stereocenters. The molecule has 0 saturated carbocycles. The molecule has 0 aliphatic heterocycles. The van der Waals surface area contributed by atoms with E-state index in [1.807, 2.05) is 6.92 Å². The molecule has 0 aliphatic carbocycles. The van der Waals surface area contributed by atoms with Gasteiger partial charge in [0.05, 0.1) is 5.56 Å². The summed E-state index contributed by atoms with van der Waals surface area (Å²) in [5, 5.41) is 0. The normalized spacial score (nSPS) is 12.3. The van der Waals surface area contributed by atoms with Gasteiger partial charge in [0.25, 0.3) is 5.91 Å². The number of hydrogen-bond donors (Lipinski definition) is 1. The van der Waals surface area contributed by atoms with Crippen molar-refractivity contribution in [3.63, 3.8) is 0 Å². The van der Waals surface area contributed by atoms with Crippen molar-refractivity contribution in [3.8, 4) is 0 Å². The number of carbonyl (C=O) groups is 1. The quantitative estimate of drug-likeness (QED) is 0.874. The van der Waals surface area contributed by atoms with Gasteiger partial charge in [-0.3, -0.25) is 4.79 Å². The number of hydrogen-bond acceptors (Lipinski definition) is 2. The van der Waals surface area contributed by atoms with Crippen molar-refractivity contribution < 1.29 is 13.6 Å². The number of rotatable bonds is 4. The molecule has 0 aromatic heterocycles. The van der Waals surface area contributed by atoms with Crippen LogP contribution >= 0.6 is 0 Å². The van der Waals surface area contributed by atoms with Gasteiger partial charge < -0.3 is 10.6 Å². The molecular weight excluding hydrogens is 226 g/mol. The van der Waals surface area contributed by atoms with Gasteiger partial charge in [-0.05, 0) is 25.5 Å². The van der Waals surface area contributed by atoms with E-state index in [4.69, 9.17) is 5.73 Å². The Morgan fingerprint density at radius 3 is 2.65 bits per heavy atom. The van der Waals surface area contributed by atoms with E-state index in [-0.39, 0.29) is 11.6 Å². The van der Waals surface area contributed by atoms with E-state index in [2.05, 4.69) is 0 Å². The number of nitrogens with two attached hydrogens (primary N) is 1. The molecule has 0 spiro atoms. The lowest BCUT2D eigenvalue weighted by molar-refractivity contribution is 0.0787. The number of nitrogens with zero attached hydrogens (tertiary/aromatic N) is 1. The van der Waals surface area contributed by atoms with E-state index < -0.39 is 17.5 Å². The average Bonchev–Trinajstić information content (AvgIpc) is 2.25. The minimum absolute atomic E-state index is 0.0247. The number of carbonyl (C=O) groups excluding carboxylic acids is 1. The first-order valence-electron chi connectivity index (χ1n) is 5.38. The lowest BCUT2D eigenvalue weighted by Gasteiger charge is -2.18. The Kier molecular flexibility index (Phi) is 4.57. The molecule has 1 amide bonds. The van der Waals surface area contributed by atoms with Gasteiger partial charge in [-0.15, -0.1) is 0 Å². The monoisotopic (exact) mass is 242 g/mol. The Labute approximate surface area is 99.2 Å². The molecule has 0 fully saturated rings. The minimum atomic E-state index is -0.845. The summed E-state index contributed by atoms with van der Waals surface area (Å²) in [6.07, 6.45) is 0.630. The second-order valence-electron chi connectivity index (χ2n) is 4.12. The van der Waals surface area contributed by atoms with Crippen molar-refractivity contribution in [2.45, 2.75) is 19.4 Å². The summed E-state index contributed by atoms with van der Waals surface area (Å²) in [5.41, 5.74) is 5.44. The first-order valence-corrected chi connectivity index (χ1v) is 5.38. The molecule has 0 heterocycles. The number of halogens is 2. The van der Waals surface area contributed by atoms with E-state index in [9.17, 15) is 13.6 Å². The highest BCUT2D eigenvalue weighted by molar-refractivity contribution is 5.94. The molecule has 94 valence electrons. The van der Waals surface area contributed by atoms with Crippen LogP contribution in [-0.2, 0) is 0 Å². The fourth-order valence-electron chi connectivity index (χ4n) is 1.37. The molecule has 1 aromatic carbocycles. The van der Waals surface area contributed by atoms with Crippen molar-refractivity contribution >= 4 is 5.91 Å². The third kappa shape index (κ3) is 3.78. The fourth-order valence-corrected chi connectivity index (χ4v) is 1.37. The number of amides is 1. The molecule has 1 aromatic rings. The Bertz CT molecular complexity index is 407. The molecule has 0 aliphatic rings. The Morgan fingerprint density at radius 2 is 2.12 bits per heavy atom. The molecule has 3 nitrogen and oxygen atoms in total. The summed E-state index contributed by atoms with van der Waals surface area (Å²) >= 11 is 0. The van der Waals surface area contributed by atoms with Crippen LogP contribution in [0.1, 0.15) is 23.7 Å². The van der Waals surface area contributed by atoms with Crippen LogP contribution in [0.3, 0.4) is 0 Å². The topological polar surface area (TPSA) is 46.3 Å². The van der Waals surface area contributed by atoms with Gasteiger partial charge in [0.2, 0.25) is 0 Å². The van der Waals surface area contributed by atoms with Crippen LogP contribution in [0.4, 0.5) is 8.78 Å². The highest BCUT2D eigenvalue weighted by atomic mass is 19.1. The largest absolute Gasteiger partial charge is 0.342 e. The van der Waals surface area contributed by atoms with Crippen LogP contribution in [0.2, 0.25) is 0 Å². The highest BCUT2D eigenvalue weighted by Gasteiger charge is 2.16. The molecule has 1 unspecified atom stereocenters. The van der Waals surface area contributed by atoms with Crippen molar-refractivity contribution in [2.75, 3.05) is 13.6 Å². The molecule has 5 heteroatoms. The lowest BCUT2D eigenvalue weighted by Crippen LogP contribution is -2.31. The van der Waals surface area contributed by atoms with E-state index in [0.29, 0.717) is 19.0 Å². The standard InChI is InChI=1S/C12H16F2N2O/c1-8(15)5-6-16(2)12(17)10-4-3-9(13)7-11(10)14/h3-4,7-8H,5-6,15H2,1-2H3. The maximum atomic E-state index is 13.3. The van der Waals surface area contributed by atoms with Crippen molar-refractivity contribution in [1.82, 2.24) is 4.90 Å². The third-order valence-corrected chi connectivity index (χ3v) is 2.43.